The fraction of sp³-hybridized carbons (Fsp3) is 0.417. The first-order chi connectivity index (χ1) is 12.8. The summed E-state index contributed by atoms with van der Waals surface area (Å²) >= 11 is 0. The highest BCUT2D eigenvalue weighted by molar-refractivity contribution is 5.96. The lowest BCUT2D eigenvalue weighted by atomic mass is 9.84. The van der Waals surface area contributed by atoms with Crippen LogP contribution in [0.3, 0.4) is 0 Å². The van der Waals surface area contributed by atoms with Crippen molar-refractivity contribution in [3.8, 4) is 0 Å². The predicted octanol–water partition coefficient (Wildman–Crippen LogP) is 6.82. The van der Waals surface area contributed by atoms with Gasteiger partial charge in [-0.2, -0.15) is 0 Å². The summed E-state index contributed by atoms with van der Waals surface area (Å²) in [6.07, 6.45) is 10.1. The first-order valence-corrected chi connectivity index (χ1v) is 9.89. The summed E-state index contributed by atoms with van der Waals surface area (Å²) in [7, 11) is 1.75. The van der Waals surface area contributed by atoms with Crippen LogP contribution in [0.5, 0.6) is 0 Å². The van der Waals surface area contributed by atoms with Crippen LogP contribution in [0.15, 0.2) is 54.0 Å². The van der Waals surface area contributed by atoms with Gasteiger partial charge in [0, 0.05) is 6.42 Å². The van der Waals surface area contributed by atoms with Crippen LogP contribution in [0.25, 0.3) is 16.8 Å². The molecule has 0 spiro atoms. The van der Waals surface area contributed by atoms with Crippen molar-refractivity contribution in [1.82, 2.24) is 0 Å². The minimum Gasteiger partial charge on any atom is -0.498 e. The van der Waals surface area contributed by atoms with Crippen LogP contribution < -0.4 is 0 Å². The number of hydrogen-bond donors (Lipinski definition) is 0. The van der Waals surface area contributed by atoms with E-state index in [1.807, 2.05) is 0 Å². The molecule has 138 valence electrons. The molecule has 0 N–H and O–H groups in total. The molecule has 0 aliphatic heterocycles. The van der Waals surface area contributed by atoms with Gasteiger partial charge in [0.2, 0.25) is 0 Å². The Balaban J connectivity index is 1.94. The fourth-order valence-electron chi connectivity index (χ4n) is 3.80. The number of rotatable bonds is 9. The van der Waals surface area contributed by atoms with Gasteiger partial charge in [-0.1, -0.05) is 81.7 Å². The molecule has 1 aliphatic rings. The van der Waals surface area contributed by atoms with Crippen LogP contribution in [-0.4, -0.2) is 13.7 Å². The minimum absolute atomic E-state index is 0.120. The molecule has 0 bridgehead atoms. The van der Waals surface area contributed by atoms with Gasteiger partial charge in [0.25, 0.3) is 0 Å². The van der Waals surface area contributed by atoms with E-state index in [4.69, 9.17) is 9.47 Å². The second-order valence-corrected chi connectivity index (χ2v) is 6.88. The van der Waals surface area contributed by atoms with E-state index in [-0.39, 0.29) is 5.92 Å². The Morgan fingerprint density at radius 3 is 2.54 bits per heavy atom. The third-order valence-corrected chi connectivity index (χ3v) is 5.15. The van der Waals surface area contributed by atoms with E-state index >= 15 is 0 Å². The summed E-state index contributed by atoms with van der Waals surface area (Å²) in [6, 6.07) is 13.0. The molecule has 1 atom stereocenters. The summed E-state index contributed by atoms with van der Waals surface area (Å²) in [5.41, 5.74) is 2.60. The van der Waals surface area contributed by atoms with Crippen molar-refractivity contribution in [2.45, 2.75) is 51.9 Å². The Bertz CT molecular complexity index is 790. The monoisotopic (exact) mass is 350 g/mol. The van der Waals surface area contributed by atoms with Crippen molar-refractivity contribution in [1.29, 1.82) is 0 Å². The molecule has 2 heteroatoms. The molecule has 2 aromatic carbocycles. The maximum atomic E-state index is 6.32. The molecule has 3 rings (SSSR count). The Morgan fingerprint density at radius 2 is 1.81 bits per heavy atom. The molecule has 0 saturated heterocycles. The van der Waals surface area contributed by atoms with Gasteiger partial charge in [-0.15, -0.1) is 0 Å². The van der Waals surface area contributed by atoms with Gasteiger partial charge in [0.1, 0.15) is 11.5 Å². The molecule has 0 fully saturated rings. The van der Waals surface area contributed by atoms with Crippen LogP contribution in [0, 0.1) is 0 Å². The van der Waals surface area contributed by atoms with Crippen molar-refractivity contribution in [3.05, 3.63) is 65.1 Å². The molecule has 1 unspecified atom stereocenters. The van der Waals surface area contributed by atoms with Crippen LogP contribution in [0.4, 0.5) is 0 Å². The molecular formula is C24H30O2. The normalized spacial score (nSPS) is 16.5. The highest BCUT2D eigenvalue weighted by atomic mass is 16.5. The van der Waals surface area contributed by atoms with Gasteiger partial charge in [-0.25, -0.2) is 0 Å². The van der Waals surface area contributed by atoms with E-state index in [0.717, 1.165) is 31.0 Å². The Labute approximate surface area is 157 Å². The molecular weight excluding hydrogens is 320 g/mol. The van der Waals surface area contributed by atoms with Gasteiger partial charge < -0.3 is 9.47 Å². The number of hydrogen-bond acceptors (Lipinski definition) is 2. The highest BCUT2D eigenvalue weighted by Gasteiger charge is 2.25. The second kappa shape index (κ2) is 8.93. The lowest BCUT2D eigenvalue weighted by Gasteiger charge is -2.26. The van der Waals surface area contributed by atoms with Crippen molar-refractivity contribution < 1.29 is 9.47 Å². The van der Waals surface area contributed by atoms with E-state index in [1.165, 1.54) is 41.2 Å². The van der Waals surface area contributed by atoms with E-state index in [0.29, 0.717) is 0 Å². The standard InChI is InChI=1S/C24H30O2/c1-4-6-7-8-17-26-24(22(5-2)25-3)21-16-15-19-12-9-11-18-13-10-14-20(21)23(18)19/h9-16,21H,4-8,17H2,1-3H3. The number of unbranched alkanes of at least 4 members (excludes halogenated alkanes) is 3. The predicted molar refractivity (Wildman–Crippen MR) is 110 cm³/mol. The lowest BCUT2D eigenvalue weighted by Crippen LogP contribution is -2.12. The molecule has 0 saturated carbocycles. The smallest absolute Gasteiger partial charge is 0.145 e. The summed E-state index contributed by atoms with van der Waals surface area (Å²) in [6.45, 7) is 5.11. The zero-order chi connectivity index (χ0) is 18.4. The molecule has 2 aromatic rings. The second-order valence-electron chi connectivity index (χ2n) is 6.88. The Hall–Kier alpha value is -2.22. The summed E-state index contributed by atoms with van der Waals surface area (Å²) < 4.78 is 12.0. The molecule has 0 amide bonds. The van der Waals surface area contributed by atoms with Crippen LogP contribution in [0.1, 0.15) is 63.0 Å². The lowest BCUT2D eigenvalue weighted by molar-refractivity contribution is 0.158. The first-order valence-electron chi connectivity index (χ1n) is 9.89. The van der Waals surface area contributed by atoms with Gasteiger partial charge in [0.05, 0.1) is 19.6 Å². The van der Waals surface area contributed by atoms with Crippen molar-refractivity contribution in [2.75, 3.05) is 13.7 Å². The SMILES string of the molecule is CCCCCCOC(=C(CC)OC)C1C=Cc2cccc3cccc1c23. The number of benzene rings is 2. The molecule has 0 aromatic heterocycles. The van der Waals surface area contributed by atoms with Crippen LogP contribution in [0.2, 0.25) is 0 Å². The van der Waals surface area contributed by atoms with Crippen LogP contribution in [-0.2, 0) is 9.47 Å². The maximum Gasteiger partial charge on any atom is 0.145 e. The van der Waals surface area contributed by atoms with Crippen molar-refractivity contribution in [3.63, 3.8) is 0 Å². The van der Waals surface area contributed by atoms with Crippen molar-refractivity contribution in [2.24, 2.45) is 0 Å². The van der Waals surface area contributed by atoms with Gasteiger partial charge in [0.15, 0.2) is 0 Å². The van der Waals surface area contributed by atoms with Crippen LogP contribution >= 0.6 is 0 Å². The summed E-state index contributed by atoms with van der Waals surface area (Å²) in [4.78, 5) is 0. The zero-order valence-corrected chi connectivity index (χ0v) is 16.3. The zero-order valence-electron chi connectivity index (χ0n) is 16.3. The van der Waals surface area contributed by atoms with E-state index < -0.39 is 0 Å². The third-order valence-electron chi connectivity index (χ3n) is 5.15. The highest BCUT2D eigenvalue weighted by Crippen LogP contribution is 2.40. The molecule has 0 heterocycles. The Morgan fingerprint density at radius 1 is 1.00 bits per heavy atom. The summed E-state index contributed by atoms with van der Waals surface area (Å²) in [5, 5.41) is 2.62. The molecule has 0 radical (unpaired) electrons. The molecule has 1 aliphatic carbocycles. The number of ether oxygens (including phenoxy) is 2. The number of methoxy groups -OCH3 is 1. The molecule has 26 heavy (non-hydrogen) atoms. The third kappa shape index (κ3) is 3.80. The largest absolute Gasteiger partial charge is 0.498 e. The van der Waals surface area contributed by atoms with Gasteiger partial charge >= 0.3 is 0 Å². The fourth-order valence-corrected chi connectivity index (χ4v) is 3.80. The van der Waals surface area contributed by atoms with Gasteiger partial charge in [-0.3, -0.25) is 0 Å². The summed E-state index contributed by atoms with van der Waals surface area (Å²) in [5.74, 6) is 2.05. The van der Waals surface area contributed by atoms with E-state index in [9.17, 15) is 0 Å². The maximum absolute atomic E-state index is 6.32. The van der Waals surface area contributed by atoms with Gasteiger partial charge in [-0.05, 0) is 28.3 Å². The first kappa shape index (κ1) is 18.6. The van der Waals surface area contributed by atoms with Crippen molar-refractivity contribution >= 4 is 16.8 Å². The minimum atomic E-state index is 0.120. The molecule has 2 nitrogen and oxygen atoms in total. The number of allylic oxidation sites excluding steroid dienone is 2. The average molecular weight is 351 g/mol. The van der Waals surface area contributed by atoms with E-state index in [2.05, 4.69) is 62.4 Å². The Kier molecular flexibility index (Phi) is 6.38. The topological polar surface area (TPSA) is 18.5 Å². The quantitative estimate of drug-likeness (QED) is 0.365. The average Bonchev–Trinajstić information content (AvgIpc) is 2.68. The van der Waals surface area contributed by atoms with E-state index in [1.54, 1.807) is 7.11 Å².